The van der Waals surface area contributed by atoms with Gasteiger partial charge < -0.3 is 15.8 Å². The predicted octanol–water partition coefficient (Wildman–Crippen LogP) is 2.84. The van der Waals surface area contributed by atoms with E-state index in [2.05, 4.69) is 22.3 Å². The molecule has 5 heteroatoms. The van der Waals surface area contributed by atoms with Crippen molar-refractivity contribution in [1.29, 1.82) is 0 Å². The third-order valence-corrected chi connectivity index (χ3v) is 4.66. The molecule has 2 aromatic rings. The molecule has 1 aliphatic rings. The monoisotopic (exact) mass is 339 g/mol. The van der Waals surface area contributed by atoms with Crippen molar-refractivity contribution in [3.63, 3.8) is 0 Å². The minimum absolute atomic E-state index is 0.0978. The molecule has 0 saturated carbocycles. The highest BCUT2D eigenvalue weighted by molar-refractivity contribution is 5.95. The average Bonchev–Trinajstić information content (AvgIpc) is 3.16. The molecule has 132 valence electrons. The summed E-state index contributed by atoms with van der Waals surface area (Å²) in [6.07, 6.45) is 2.40. The molecule has 1 atom stereocenters. The second-order valence-electron chi connectivity index (χ2n) is 6.37. The number of benzene rings is 2. The van der Waals surface area contributed by atoms with E-state index < -0.39 is 0 Å². The number of rotatable bonds is 6. The number of amides is 1. The van der Waals surface area contributed by atoms with Crippen LogP contribution < -0.4 is 15.8 Å². The number of nitrogen functional groups attached to an aromatic ring is 1. The lowest BCUT2D eigenvalue weighted by Crippen LogP contribution is -2.36. The number of likely N-dealkylation sites (tertiary alicyclic amines) is 1. The van der Waals surface area contributed by atoms with Crippen molar-refractivity contribution in [3.05, 3.63) is 59.7 Å². The molecule has 0 aliphatic carbocycles. The summed E-state index contributed by atoms with van der Waals surface area (Å²) in [6.45, 7) is 2.66. The fourth-order valence-corrected chi connectivity index (χ4v) is 3.33. The fourth-order valence-electron chi connectivity index (χ4n) is 3.33. The summed E-state index contributed by atoms with van der Waals surface area (Å²) in [6, 6.07) is 15.3. The molecule has 0 spiro atoms. The molecule has 2 aromatic carbocycles. The van der Waals surface area contributed by atoms with Crippen molar-refractivity contribution < 1.29 is 9.53 Å². The van der Waals surface area contributed by atoms with Gasteiger partial charge in [-0.1, -0.05) is 18.2 Å². The summed E-state index contributed by atoms with van der Waals surface area (Å²) in [7, 11) is 1.67. The van der Waals surface area contributed by atoms with Gasteiger partial charge in [-0.05, 0) is 61.8 Å². The van der Waals surface area contributed by atoms with Crippen LogP contribution in [0.4, 0.5) is 5.69 Å². The fraction of sp³-hybridized carbons (Fsp3) is 0.350. The highest BCUT2D eigenvalue weighted by atomic mass is 16.5. The van der Waals surface area contributed by atoms with Crippen LogP contribution in [-0.4, -0.2) is 37.6 Å². The van der Waals surface area contributed by atoms with Gasteiger partial charge in [0.05, 0.1) is 13.2 Å². The molecular formula is C20H25N3O2. The van der Waals surface area contributed by atoms with Gasteiger partial charge in [0.2, 0.25) is 0 Å². The Morgan fingerprint density at radius 1 is 1.20 bits per heavy atom. The number of ether oxygens (including phenoxy) is 1. The van der Waals surface area contributed by atoms with E-state index in [1.165, 1.54) is 12.8 Å². The predicted molar refractivity (Wildman–Crippen MR) is 99.7 cm³/mol. The van der Waals surface area contributed by atoms with Crippen LogP contribution in [0.5, 0.6) is 5.75 Å². The Kier molecular flexibility index (Phi) is 5.56. The van der Waals surface area contributed by atoms with E-state index >= 15 is 0 Å². The Bertz CT molecular complexity index is 726. The second kappa shape index (κ2) is 8.03. The van der Waals surface area contributed by atoms with Crippen LogP contribution in [0, 0.1) is 0 Å². The normalized spacial score (nSPS) is 15.7. The smallest absolute Gasteiger partial charge is 0.251 e. The van der Waals surface area contributed by atoms with E-state index in [1.54, 1.807) is 31.4 Å². The number of carbonyl (C=O) groups is 1. The van der Waals surface area contributed by atoms with Crippen LogP contribution in [-0.2, 0) is 0 Å². The van der Waals surface area contributed by atoms with Crippen molar-refractivity contribution in [2.75, 3.05) is 32.5 Å². The summed E-state index contributed by atoms with van der Waals surface area (Å²) in [4.78, 5) is 14.9. The van der Waals surface area contributed by atoms with E-state index in [4.69, 9.17) is 10.5 Å². The van der Waals surface area contributed by atoms with Crippen LogP contribution in [0.1, 0.15) is 34.8 Å². The van der Waals surface area contributed by atoms with Crippen LogP contribution in [0.15, 0.2) is 48.5 Å². The van der Waals surface area contributed by atoms with E-state index in [-0.39, 0.29) is 11.9 Å². The first-order valence-corrected chi connectivity index (χ1v) is 8.69. The van der Waals surface area contributed by atoms with E-state index in [9.17, 15) is 4.79 Å². The van der Waals surface area contributed by atoms with E-state index in [0.29, 0.717) is 17.8 Å². The highest BCUT2D eigenvalue weighted by Crippen LogP contribution is 2.27. The number of nitrogens with two attached hydrogens (primary N) is 1. The Labute approximate surface area is 148 Å². The quantitative estimate of drug-likeness (QED) is 0.794. The van der Waals surface area contributed by atoms with Crippen LogP contribution >= 0.6 is 0 Å². The first kappa shape index (κ1) is 17.3. The molecule has 25 heavy (non-hydrogen) atoms. The lowest BCUT2D eigenvalue weighted by Gasteiger charge is -2.28. The van der Waals surface area contributed by atoms with Crippen LogP contribution in [0.2, 0.25) is 0 Å². The molecule has 0 radical (unpaired) electrons. The summed E-state index contributed by atoms with van der Waals surface area (Å²) in [5.41, 5.74) is 8.12. The summed E-state index contributed by atoms with van der Waals surface area (Å²) in [5, 5.41) is 3.06. The van der Waals surface area contributed by atoms with Gasteiger partial charge in [0.1, 0.15) is 5.75 Å². The van der Waals surface area contributed by atoms with Gasteiger partial charge >= 0.3 is 0 Å². The maximum Gasteiger partial charge on any atom is 0.251 e. The lowest BCUT2D eigenvalue weighted by atomic mass is 10.0. The van der Waals surface area contributed by atoms with Gasteiger partial charge in [-0.3, -0.25) is 9.69 Å². The molecule has 0 aromatic heterocycles. The molecule has 1 fully saturated rings. The minimum atomic E-state index is -0.0978. The third-order valence-electron chi connectivity index (χ3n) is 4.66. The molecule has 5 nitrogen and oxygen atoms in total. The molecule has 3 N–H and O–H groups in total. The van der Waals surface area contributed by atoms with Gasteiger partial charge in [-0.15, -0.1) is 0 Å². The van der Waals surface area contributed by atoms with Crippen LogP contribution in [0.3, 0.4) is 0 Å². The zero-order chi connectivity index (χ0) is 17.6. The van der Waals surface area contributed by atoms with Crippen molar-refractivity contribution in [2.24, 2.45) is 0 Å². The first-order valence-electron chi connectivity index (χ1n) is 8.69. The van der Waals surface area contributed by atoms with Crippen molar-refractivity contribution in [1.82, 2.24) is 10.2 Å². The number of nitrogens with one attached hydrogen (secondary N) is 1. The van der Waals surface area contributed by atoms with Gasteiger partial charge in [0, 0.05) is 17.8 Å². The van der Waals surface area contributed by atoms with Gasteiger partial charge in [-0.2, -0.15) is 0 Å². The molecule has 1 saturated heterocycles. The SMILES string of the molecule is COc1cccc(C(CNC(=O)c2cccc(N)c2)N2CCCC2)c1. The molecule has 3 rings (SSSR count). The lowest BCUT2D eigenvalue weighted by molar-refractivity contribution is 0.0938. The minimum Gasteiger partial charge on any atom is -0.497 e. The van der Waals surface area contributed by atoms with Gasteiger partial charge in [-0.25, -0.2) is 0 Å². The van der Waals surface area contributed by atoms with Crippen LogP contribution in [0.25, 0.3) is 0 Å². The molecule has 1 amide bonds. The summed E-state index contributed by atoms with van der Waals surface area (Å²) < 4.78 is 5.36. The van der Waals surface area contributed by atoms with Crippen molar-refractivity contribution >= 4 is 11.6 Å². The van der Waals surface area contributed by atoms with Crippen molar-refractivity contribution in [2.45, 2.75) is 18.9 Å². The van der Waals surface area contributed by atoms with E-state index in [1.807, 2.05) is 12.1 Å². The third kappa shape index (κ3) is 4.31. The van der Waals surface area contributed by atoms with Gasteiger partial charge in [0.25, 0.3) is 5.91 Å². The Balaban J connectivity index is 1.74. The molecule has 1 unspecified atom stereocenters. The topological polar surface area (TPSA) is 67.6 Å². The number of carbonyl (C=O) groups excluding carboxylic acids is 1. The number of hydrogen-bond donors (Lipinski definition) is 2. The number of anilines is 1. The zero-order valence-corrected chi connectivity index (χ0v) is 14.6. The largest absolute Gasteiger partial charge is 0.497 e. The summed E-state index contributed by atoms with van der Waals surface area (Å²) in [5.74, 6) is 0.739. The second-order valence-corrected chi connectivity index (χ2v) is 6.37. The maximum absolute atomic E-state index is 12.5. The van der Waals surface area contributed by atoms with E-state index in [0.717, 1.165) is 24.4 Å². The Hall–Kier alpha value is -2.53. The Morgan fingerprint density at radius 3 is 2.68 bits per heavy atom. The van der Waals surface area contributed by atoms with Gasteiger partial charge in [0.15, 0.2) is 0 Å². The average molecular weight is 339 g/mol. The molecule has 1 heterocycles. The van der Waals surface area contributed by atoms with Crippen molar-refractivity contribution in [3.8, 4) is 5.75 Å². The standard InChI is InChI=1S/C20H25N3O2/c1-25-18-9-5-6-15(13-18)19(23-10-2-3-11-23)14-22-20(24)16-7-4-8-17(21)12-16/h4-9,12-13,19H,2-3,10-11,14,21H2,1H3,(H,22,24). The summed E-state index contributed by atoms with van der Waals surface area (Å²) >= 11 is 0. The number of hydrogen-bond acceptors (Lipinski definition) is 4. The maximum atomic E-state index is 12.5. The molecule has 0 bridgehead atoms. The zero-order valence-electron chi connectivity index (χ0n) is 14.6. The number of methoxy groups -OCH3 is 1. The molecular weight excluding hydrogens is 314 g/mol. The molecule has 1 aliphatic heterocycles. The Morgan fingerprint density at radius 2 is 1.96 bits per heavy atom. The first-order chi connectivity index (χ1) is 12.2. The highest BCUT2D eigenvalue weighted by Gasteiger charge is 2.24. The number of nitrogens with zero attached hydrogens (tertiary/aromatic N) is 1.